The van der Waals surface area contributed by atoms with Crippen LogP contribution in [0.4, 0.5) is 0 Å². The van der Waals surface area contributed by atoms with Gasteiger partial charge in [-0.25, -0.2) is 0 Å². The lowest BCUT2D eigenvalue weighted by Gasteiger charge is -2.22. The third-order valence-corrected chi connectivity index (χ3v) is 10.7. The molecule has 0 spiro atoms. The van der Waals surface area contributed by atoms with Gasteiger partial charge in [-0.2, -0.15) is 0 Å². The van der Waals surface area contributed by atoms with Gasteiger partial charge < -0.3 is 0 Å². The van der Waals surface area contributed by atoms with Gasteiger partial charge in [-0.1, -0.05) is 190 Å². The van der Waals surface area contributed by atoms with Crippen LogP contribution in [0.3, 0.4) is 0 Å². The van der Waals surface area contributed by atoms with Gasteiger partial charge in [0, 0.05) is 0 Å². The highest BCUT2D eigenvalue weighted by Gasteiger charge is 2.21. The van der Waals surface area contributed by atoms with Crippen LogP contribution in [0.15, 0.2) is 30.3 Å². The highest BCUT2D eigenvalue weighted by Crippen LogP contribution is 2.18. The second-order valence-electron chi connectivity index (χ2n) is 10.7. The minimum absolute atomic E-state index is 1.19. The van der Waals surface area contributed by atoms with Crippen LogP contribution in [0.1, 0.15) is 135 Å². The minimum Gasteiger partial charge on any atom is -0.0654 e. The highest BCUT2D eigenvalue weighted by atomic mass is 28.3. The number of benzene rings is 1. The smallest absolute Gasteiger partial charge is 0.0654 e. The Labute approximate surface area is 198 Å². The molecule has 31 heavy (non-hydrogen) atoms. The number of unbranched alkanes of at least 4 members (excludes halogenated alkanes) is 19. The van der Waals surface area contributed by atoms with Gasteiger partial charge >= 0.3 is 0 Å². The first-order valence-electron chi connectivity index (χ1n) is 14.2. The topological polar surface area (TPSA) is 0 Å². The molecular weight excluding hydrogens is 388 g/mol. The molecule has 0 saturated heterocycles. The van der Waals surface area contributed by atoms with Crippen molar-refractivity contribution in [3.63, 3.8) is 0 Å². The van der Waals surface area contributed by atoms with Gasteiger partial charge in [-0.05, 0) is 0 Å². The Morgan fingerprint density at radius 1 is 0.452 bits per heavy atom. The van der Waals surface area contributed by atoms with Gasteiger partial charge in [-0.15, -0.1) is 0 Å². The second kappa shape index (κ2) is 20.1. The number of hydrogen-bond donors (Lipinski definition) is 0. The van der Waals surface area contributed by atoms with Crippen molar-refractivity contribution in [3.05, 3.63) is 30.3 Å². The van der Waals surface area contributed by atoms with Crippen LogP contribution in [0.25, 0.3) is 0 Å². The molecule has 0 fully saturated rings. The van der Waals surface area contributed by atoms with E-state index in [1.54, 1.807) is 5.19 Å². The van der Waals surface area contributed by atoms with Gasteiger partial charge in [0.1, 0.15) is 0 Å². The fourth-order valence-electron chi connectivity index (χ4n) is 4.86. The van der Waals surface area contributed by atoms with Crippen molar-refractivity contribution in [2.45, 2.75) is 154 Å². The Morgan fingerprint density at radius 2 is 0.774 bits per heavy atom. The fraction of sp³-hybridized carbons (Fsp3) is 0.800. The Morgan fingerprint density at radius 3 is 1.13 bits per heavy atom. The Kier molecular flexibility index (Phi) is 18.4. The summed E-state index contributed by atoms with van der Waals surface area (Å²) in [5.74, 6) is 0. The van der Waals surface area contributed by atoms with E-state index in [0.717, 1.165) is 0 Å². The first kappa shape index (κ1) is 28.5. The molecule has 0 saturated carbocycles. The molecule has 180 valence electrons. The molecular formula is C30H56Si. The predicted molar refractivity (Wildman–Crippen MR) is 146 cm³/mol. The molecule has 0 bridgehead atoms. The Hall–Kier alpha value is -0.563. The average Bonchev–Trinajstić information content (AvgIpc) is 2.78. The molecule has 0 aliphatic rings. The molecule has 0 aliphatic heterocycles. The maximum atomic E-state index is 2.54. The van der Waals surface area contributed by atoms with Crippen molar-refractivity contribution in [1.82, 2.24) is 0 Å². The van der Waals surface area contributed by atoms with Crippen LogP contribution < -0.4 is 5.19 Å². The van der Waals surface area contributed by atoms with Gasteiger partial charge in [0.25, 0.3) is 0 Å². The van der Waals surface area contributed by atoms with Crippen LogP contribution in [0.5, 0.6) is 0 Å². The monoisotopic (exact) mass is 444 g/mol. The molecule has 0 heterocycles. The SMILES string of the molecule is CCCCCCCCCCCCCCCCCCCCCC[Si](C)(C)c1ccccc1. The summed E-state index contributed by atoms with van der Waals surface area (Å²) in [6, 6.07) is 12.7. The quantitative estimate of drug-likeness (QED) is 0.123. The molecule has 0 unspecified atom stereocenters. The predicted octanol–water partition coefficient (Wildman–Crippen LogP) is 10.4. The summed E-state index contributed by atoms with van der Waals surface area (Å²) in [5.41, 5.74) is 0. The zero-order chi connectivity index (χ0) is 22.5. The maximum absolute atomic E-state index is 2.54. The summed E-state index contributed by atoms with van der Waals surface area (Å²) in [6.45, 7) is 7.38. The molecule has 1 rings (SSSR count). The molecule has 1 heteroatoms. The van der Waals surface area contributed by atoms with Gasteiger partial charge in [0.2, 0.25) is 0 Å². The van der Waals surface area contributed by atoms with E-state index in [0.29, 0.717) is 0 Å². The lowest BCUT2D eigenvalue weighted by atomic mass is 10.0. The van der Waals surface area contributed by atoms with E-state index in [1.165, 1.54) is 134 Å². The maximum Gasteiger partial charge on any atom is 0.0806 e. The third-order valence-electron chi connectivity index (χ3n) is 7.21. The number of rotatable bonds is 22. The van der Waals surface area contributed by atoms with E-state index in [2.05, 4.69) is 50.3 Å². The summed E-state index contributed by atoms with van der Waals surface area (Å²) in [4.78, 5) is 0. The molecule has 1 aromatic carbocycles. The van der Waals surface area contributed by atoms with Crippen LogP contribution in [-0.4, -0.2) is 8.07 Å². The number of hydrogen-bond acceptors (Lipinski definition) is 0. The van der Waals surface area contributed by atoms with E-state index in [-0.39, 0.29) is 0 Å². The third kappa shape index (κ3) is 16.7. The summed E-state index contributed by atoms with van der Waals surface area (Å²) >= 11 is 0. The van der Waals surface area contributed by atoms with E-state index in [9.17, 15) is 0 Å². The van der Waals surface area contributed by atoms with Crippen molar-refractivity contribution >= 4 is 13.3 Å². The van der Waals surface area contributed by atoms with Crippen molar-refractivity contribution in [2.75, 3.05) is 0 Å². The van der Waals surface area contributed by atoms with Gasteiger partial charge in [-0.3, -0.25) is 0 Å². The lowest BCUT2D eigenvalue weighted by molar-refractivity contribution is 0.523. The van der Waals surface area contributed by atoms with E-state index >= 15 is 0 Å². The van der Waals surface area contributed by atoms with E-state index in [1.807, 2.05) is 0 Å². The van der Waals surface area contributed by atoms with Crippen LogP contribution in [-0.2, 0) is 0 Å². The Balaban J connectivity index is 1.76. The lowest BCUT2D eigenvalue weighted by Crippen LogP contribution is -2.40. The largest absolute Gasteiger partial charge is 0.0806 e. The molecule has 0 amide bonds. The zero-order valence-electron chi connectivity index (χ0n) is 21.7. The van der Waals surface area contributed by atoms with E-state index in [4.69, 9.17) is 0 Å². The van der Waals surface area contributed by atoms with E-state index < -0.39 is 8.07 Å². The van der Waals surface area contributed by atoms with Crippen LogP contribution in [0.2, 0.25) is 19.1 Å². The van der Waals surface area contributed by atoms with Crippen molar-refractivity contribution in [3.8, 4) is 0 Å². The summed E-state index contributed by atoms with van der Waals surface area (Å²) in [7, 11) is -1.19. The van der Waals surface area contributed by atoms with Gasteiger partial charge in [0.15, 0.2) is 0 Å². The standard InChI is InChI=1S/C30H56Si/c1-4-5-6-7-8-9-10-11-12-13-14-15-16-17-18-19-20-21-22-26-29-31(2,3)30-27-24-23-25-28-30/h23-25,27-28H,4-22,26,29H2,1-3H3. The van der Waals surface area contributed by atoms with Gasteiger partial charge in [0.05, 0.1) is 8.07 Å². The minimum atomic E-state index is -1.19. The summed E-state index contributed by atoms with van der Waals surface area (Å²) in [6.07, 6.45) is 29.3. The molecule has 0 aromatic heterocycles. The molecule has 1 aromatic rings. The highest BCUT2D eigenvalue weighted by molar-refractivity contribution is 6.89. The molecule has 0 aliphatic carbocycles. The van der Waals surface area contributed by atoms with Crippen LogP contribution >= 0.6 is 0 Å². The molecule has 0 atom stereocenters. The zero-order valence-corrected chi connectivity index (χ0v) is 22.7. The fourth-order valence-corrected chi connectivity index (χ4v) is 7.37. The van der Waals surface area contributed by atoms with Crippen molar-refractivity contribution in [2.24, 2.45) is 0 Å². The van der Waals surface area contributed by atoms with Crippen molar-refractivity contribution in [1.29, 1.82) is 0 Å². The Bertz CT molecular complexity index is 478. The van der Waals surface area contributed by atoms with Crippen LogP contribution in [0, 0.1) is 0 Å². The van der Waals surface area contributed by atoms with Crippen molar-refractivity contribution < 1.29 is 0 Å². The first-order chi connectivity index (χ1) is 15.2. The summed E-state index contributed by atoms with van der Waals surface area (Å²) in [5, 5.41) is 1.63. The average molecular weight is 445 g/mol. The molecule has 0 N–H and O–H groups in total. The normalized spacial score (nSPS) is 11.8. The molecule has 0 nitrogen and oxygen atoms in total. The second-order valence-corrected chi connectivity index (χ2v) is 15.6. The molecule has 0 radical (unpaired) electrons. The summed E-state index contributed by atoms with van der Waals surface area (Å²) < 4.78 is 0. The first-order valence-corrected chi connectivity index (χ1v) is 17.4.